The SMILES string of the molecule is COc1ccc(CCNC(=O)CSc2nccc(C(F)(F)F)n2)cc1. The molecular weight excluding hydrogens is 355 g/mol. The van der Waals surface area contributed by atoms with E-state index >= 15 is 0 Å². The number of methoxy groups -OCH3 is 1. The van der Waals surface area contributed by atoms with E-state index in [0.29, 0.717) is 13.0 Å². The number of rotatable bonds is 7. The topological polar surface area (TPSA) is 64.1 Å². The minimum Gasteiger partial charge on any atom is -0.497 e. The monoisotopic (exact) mass is 371 g/mol. The van der Waals surface area contributed by atoms with E-state index in [4.69, 9.17) is 4.74 Å². The van der Waals surface area contributed by atoms with Crippen LogP contribution in [0.15, 0.2) is 41.7 Å². The summed E-state index contributed by atoms with van der Waals surface area (Å²) in [4.78, 5) is 18.9. The standard InChI is InChI=1S/C16H16F3N3O2S/c1-24-12-4-2-11(3-5-12)6-8-20-14(23)10-25-15-21-9-7-13(22-15)16(17,18)19/h2-5,7,9H,6,8,10H2,1H3,(H,20,23). The smallest absolute Gasteiger partial charge is 0.433 e. The molecule has 0 aliphatic heterocycles. The van der Waals surface area contributed by atoms with Gasteiger partial charge >= 0.3 is 6.18 Å². The molecule has 2 aromatic rings. The van der Waals surface area contributed by atoms with Crippen molar-refractivity contribution in [3.05, 3.63) is 47.8 Å². The minimum absolute atomic E-state index is 0.0517. The Morgan fingerprint density at radius 3 is 2.60 bits per heavy atom. The van der Waals surface area contributed by atoms with Crippen molar-refractivity contribution in [3.63, 3.8) is 0 Å². The van der Waals surface area contributed by atoms with E-state index in [2.05, 4.69) is 15.3 Å². The van der Waals surface area contributed by atoms with Gasteiger partial charge in [0, 0.05) is 12.7 Å². The Morgan fingerprint density at radius 2 is 1.96 bits per heavy atom. The molecule has 25 heavy (non-hydrogen) atoms. The number of carbonyl (C=O) groups is 1. The van der Waals surface area contributed by atoms with Crippen molar-refractivity contribution in [1.82, 2.24) is 15.3 Å². The Hall–Kier alpha value is -2.29. The summed E-state index contributed by atoms with van der Waals surface area (Å²) in [5.74, 6) is 0.411. The zero-order valence-electron chi connectivity index (χ0n) is 13.3. The van der Waals surface area contributed by atoms with E-state index < -0.39 is 11.9 Å². The second-order valence-electron chi connectivity index (χ2n) is 4.96. The summed E-state index contributed by atoms with van der Waals surface area (Å²) in [6.07, 6.45) is -2.86. The molecule has 0 saturated carbocycles. The van der Waals surface area contributed by atoms with Crippen molar-refractivity contribution >= 4 is 17.7 Å². The Labute approximate surface area is 147 Å². The molecule has 1 aromatic heterocycles. The summed E-state index contributed by atoms with van der Waals surface area (Å²) < 4.78 is 42.7. The second-order valence-corrected chi connectivity index (χ2v) is 5.90. The molecule has 0 fully saturated rings. The molecule has 9 heteroatoms. The molecule has 0 spiro atoms. The van der Waals surface area contributed by atoms with E-state index in [0.717, 1.165) is 35.3 Å². The van der Waals surface area contributed by atoms with Gasteiger partial charge in [-0.1, -0.05) is 23.9 Å². The van der Waals surface area contributed by atoms with Crippen LogP contribution in [0.2, 0.25) is 0 Å². The molecule has 1 heterocycles. The number of hydrogen-bond donors (Lipinski definition) is 1. The third kappa shape index (κ3) is 6.26. The lowest BCUT2D eigenvalue weighted by molar-refractivity contribution is -0.141. The molecule has 0 atom stereocenters. The highest BCUT2D eigenvalue weighted by atomic mass is 32.2. The number of halogens is 3. The number of nitrogens with one attached hydrogen (secondary N) is 1. The molecule has 0 unspecified atom stereocenters. The molecule has 0 bridgehead atoms. The number of nitrogens with zero attached hydrogens (tertiary/aromatic N) is 2. The van der Waals surface area contributed by atoms with Crippen LogP contribution in [0.4, 0.5) is 13.2 Å². The van der Waals surface area contributed by atoms with Gasteiger partial charge in [-0.15, -0.1) is 0 Å². The van der Waals surface area contributed by atoms with Gasteiger partial charge in [-0.05, 0) is 30.2 Å². The van der Waals surface area contributed by atoms with Crippen LogP contribution in [-0.4, -0.2) is 35.3 Å². The zero-order valence-corrected chi connectivity index (χ0v) is 14.2. The Kier molecular flexibility index (Phi) is 6.63. The maximum absolute atomic E-state index is 12.6. The van der Waals surface area contributed by atoms with Crippen molar-refractivity contribution in [2.24, 2.45) is 0 Å². The Bertz CT molecular complexity index is 709. The van der Waals surface area contributed by atoms with Crippen molar-refractivity contribution in [3.8, 4) is 5.75 Å². The van der Waals surface area contributed by atoms with E-state index in [1.165, 1.54) is 0 Å². The number of amides is 1. The molecule has 0 saturated heterocycles. The number of carbonyl (C=O) groups excluding carboxylic acids is 1. The van der Waals surface area contributed by atoms with Crippen LogP contribution >= 0.6 is 11.8 Å². The first kappa shape index (κ1) is 19.0. The van der Waals surface area contributed by atoms with E-state index in [9.17, 15) is 18.0 Å². The van der Waals surface area contributed by atoms with Gasteiger partial charge < -0.3 is 10.1 Å². The quantitative estimate of drug-likeness (QED) is 0.599. The summed E-state index contributed by atoms with van der Waals surface area (Å²) >= 11 is 0.859. The van der Waals surface area contributed by atoms with Gasteiger partial charge in [-0.25, -0.2) is 9.97 Å². The highest BCUT2D eigenvalue weighted by Gasteiger charge is 2.32. The van der Waals surface area contributed by atoms with Gasteiger partial charge in [-0.3, -0.25) is 4.79 Å². The zero-order chi connectivity index (χ0) is 18.3. The first-order valence-corrected chi connectivity index (χ1v) is 8.29. The molecule has 1 amide bonds. The van der Waals surface area contributed by atoms with Crippen LogP contribution in [-0.2, 0) is 17.4 Å². The second kappa shape index (κ2) is 8.70. The molecule has 2 rings (SSSR count). The summed E-state index contributed by atoms with van der Waals surface area (Å²) in [7, 11) is 1.58. The number of ether oxygens (including phenoxy) is 1. The first-order valence-electron chi connectivity index (χ1n) is 7.31. The van der Waals surface area contributed by atoms with Crippen LogP contribution in [0.25, 0.3) is 0 Å². The van der Waals surface area contributed by atoms with Crippen LogP contribution in [0.5, 0.6) is 5.75 Å². The average molecular weight is 371 g/mol. The number of benzene rings is 1. The van der Waals surface area contributed by atoms with Crippen LogP contribution in [0, 0.1) is 0 Å². The van der Waals surface area contributed by atoms with Crippen LogP contribution in [0.3, 0.4) is 0 Å². The normalized spacial score (nSPS) is 11.2. The maximum atomic E-state index is 12.6. The molecular formula is C16H16F3N3O2S. The van der Waals surface area contributed by atoms with Gasteiger partial charge in [-0.2, -0.15) is 13.2 Å². The lowest BCUT2D eigenvalue weighted by atomic mass is 10.1. The number of thioether (sulfide) groups is 1. The van der Waals surface area contributed by atoms with Gasteiger partial charge in [0.05, 0.1) is 12.9 Å². The van der Waals surface area contributed by atoms with E-state index in [1.807, 2.05) is 24.3 Å². The number of aromatic nitrogens is 2. The van der Waals surface area contributed by atoms with Crippen LogP contribution in [0.1, 0.15) is 11.3 Å². The van der Waals surface area contributed by atoms with E-state index in [-0.39, 0.29) is 16.8 Å². The fourth-order valence-electron chi connectivity index (χ4n) is 1.89. The fourth-order valence-corrected chi connectivity index (χ4v) is 2.55. The predicted octanol–water partition coefficient (Wildman–Crippen LogP) is 2.96. The number of alkyl halides is 3. The van der Waals surface area contributed by atoms with E-state index in [1.54, 1.807) is 7.11 Å². The maximum Gasteiger partial charge on any atom is 0.433 e. The van der Waals surface area contributed by atoms with Gasteiger partial charge in [0.25, 0.3) is 0 Å². The lowest BCUT2D eigenvalue weighted by Gasteiger charge is -2.07. The predicted molar refractivity (Wildman–Crippen MR) is 87.5 cm³/mol. The third-order valence-corrected chi connectivity index (χ3v) is 4.01. The molecule has 0 aliphatic rings. The summed E-state index contributed by atoms with van der Waals surface area (Å²) in [5, 5.41) is 2.62. The molecule has 5 nitrogen and oxygen atoms in total. The van der Waals surface area contributed by atoms with Gasteiger partial charge in [0.2, 0.25) is 5.91 Å². The van der Waals surface area contributed by atoms with Crippen LogP contribution < -0.4 is 10.1 Å². The molecule has 0 radical (unpaired) electrons. The molecule has 0 aliphatic carbocycles. The Balaban J connectivity index is 1.75. The molecule has 134 valence electrons. The summed E-state index contributed by atoms with van der Waals surface area (Å²) in [6.45, 7) is 0.426. The van der Waals surface area contributed by atoms with Crippen molar-refractivity contribution < 1.29 is 22.7 Å². The van der Waals surface area contributed by atoms with Gasteiger partial charge in [0.1, 0.15) is 11.4 Å². The lowest BCUT2D eigenvalue weighted by Crippen LogP contribution is -2.27. The average Bonchev–Trinajstić information content (AvgIpc) is 2.60. The molecule has 1 aromatic carbocycles. The highest BCUT2D eigenvalue weighted by molar-refractivity contribution is 7.99. The van der Waals surface area contributed by atoms with Crippen molar-refractivity contribution in [2.75, 3.05) is 19.4 Å². The third-order valence-electron chi connectivity index (χ3n) is 3.15. The first-order chi connectivity index (χ1) is 11.9. The van der Waals surface area contributed by atoms with Crippen molar-refractivity contribution in [1.29, 1.82) is 0 Å². The fraction of sp³-hybridized carbons (Fsp3) is 0.312. The molecule has 1 N–H and O–H groups in total. The summed E-state index contributed by atoms with van der Waals surface area (Å²) in [5.41, 5.74) is 0.0138. The minimum atomic E-state index is -4.53. The number of hydrogen-bond acceptors (Lipinski definition) is 5. The highest BCUT2D eigenvalue weighted by Crippen LogP contribution is 2.28. The summed E-state index contributed by atoms with van der Waals surface area (Å²) in [6, 6.07) is 8.25. The Morgan fingerprint density at radius 1 is 1.24 bits per heavy atom. The van der Waals surface area contributed by atoms with Gasteiger partial charge in [0.15, 0.2) is 5.16 Å². The van der Waals surface area contributed by atoms with Crippen molar-refractivity contribution in [2.45, 2.75) is 17.8 Å². The largest absolute Gasteiger partial charge is 0.497 e.